The van der Waals surface area contributed by atoms with Crippen LogP contribution in [0.1, 0.15) is 5.56 Å². The van der Waals surface area contributed by atoms with Gasteiger partial charge in [-0.25, -0.2) is 0 Å². The van der Waals surface area contributed by atoms with Crippen molar-refractivity contribution in [3.8, 4) is 0 Å². The van der Waals surface area contributed by atoms with E-state index in [1.54, 1.807) is 26.7 Å². The number of hydrogen-bond donors (Lipinski definition) is 1. The summed E-state index contributed by atoms with van der Waals surface area (Å²) in [6.45, 7) is 4.71. The van der Waals surface area contributed by atoms with E-state index in [9.17, 15) is 0 Å². The van der Waals surface area contributed by atoms with Crippen LogP contribution in [0.5, 0.6) is 0 Å². The molecule has 1 fully saturated rings. The fourth-order valence-electron chi connectivity index (χ4n) is 2.32. The normalized spacial score (nSPS) is 24.8. The first kappa shape index (κ1) is 13.5. The molecule has 0 amide bonds. The molecule has 102 valence electrons. The largest absolute Gasteiger partial charge is 0.472 e. The number of furan rings is 1. The van der Waals surface area contributed by atoms with Gasteiger partial charge < -0.3 is 19.2 Å². The van der Waals surface area contributed by atoms with Gasteiger partial charge in [0.15, 0.2) is 0 Å². The number of likely N-dealkylation sites (tertiary alicyclic amines) is 1. The lowest BCUT2D eigenvalue weighted by Gasteiger charge is -2.15. The highest BCUT2D eigenvalue weighted by Crippen LogP contribution is 2.14. The van der Waals surface area contributed by atoms with Crippen LogP contribution in [0.15, 0.2) is 23.0 Å². The highest BCUT2D eigenvalue weighted by molar-refractivity contribution is 5.04. The van der Waals surface area contributed by atoms with Gasteiger partial charge >= 0.3 is 0 Å². The Morgan fingerprint density at radius 3 is 2.61 bits per heavy atom. The summed E-state index contributed by atoms with van der Waals surface area (Å²) in [7, 11) is 3.49. The number of nitrogens with one attached hydrogen (secondary N) is 1. The maximum absolute atomic E-state index is 5.41. The average Bonchev–Trinajstić information content (AvgIpc) is 3.03. The number of methoxy groups -OCH3 is 2. The zero-order valence-corrected chi connectivity index (χ0v) is 11.1. The molecule has 0 saturated carbocycles. The van der Waals surface area contributed by atoms with E-state index in [0.717, 1.165) is 32.7 Å². The molecule has 5 nitrogen and oxygen atoms in total. The second kappa shape index (κ2) is 6.89. The Morgan fingerprint density at radius 2 is 2.06 bits per heavy atom. The van der Waals surface area contributed by atoms with Crippen LogP contribution in [0.2, 0.25) is 0 Å². The molecule has 1 aliphatic rings. The fraction of sp³-hybridized carbons (Fsp3) is 0.692. The Balaban J connectivity index is 1.62. The van der Waals surface area contributed by atoms with Gasteiger partial charge in [0.05, 0.1) is 24.7 Å². The topological polar surface area (TPSA) is 46.9 Å². The quantitative estimate of drug-likeness (QED) is 0.726. The Hall–Kier alpha value is -0.880. The van der Waals surface area contributed by atoms with Gasteiger partial charge in [0.2, 0.25) is 0 Å². The highest BCUT2D eigenvalue weighted by atomic mass is 16.5. The average molecular weight is 254 g/mol. The zero-order valence-electron chi connectivity index (χ0n) is 11.1. The van der Waals surface area contributed by atoms with E-state index in [1.165, 1.54) is 5.56 Å². The van der Waals surface area contributed by atoms with Crippen LogP contribution in [0, 0.1) is 0 Å². The molecule has 18 heavy (non-hydrogen) atoms. The van der Waals surface area contributed by atoms with E-state index in [1.807, 2.05) is 6.07 Å². The number of hydrogen-bond acceptors (Lipinski definition) is 5. The lowest BCUT2D eigenvalue weighted by molar-refractivity contribution is -0.00461. The molecule has 1 aromatic heterocycles. The Morgan fingerprint density at radius 1 is 1.33 bits per heavy atom. The molecule has 2 atom stereocenters. The SMILES string of the molecule is COC1CN(CCNCc2ccoc2)CC1OC. The molecule has 0 radical (unpaired) electrons. The monoisotopic (exact) mass is 254 g/mol. The Kier molecular flexibility index (Phi) is 5.19. The van der Waals surface area contributed by atoms with Crippen molar-refractivity contribution in [3.05, 3.63) is 24.2 Å². The third-order valence-electron chi connectivity index (χ3n) is 3.41. The molecule has 1 aromatic rings. The summed E-state index contributed by atoms with van der Waals surface area (Å²) in [5.41, 5.74) is 1.18. The summed E-state index contributed by atoms with van der Waals surface area (Å²) in [6, 6.07) is 1.98. The van der Waals surface area contributed by atoms with Crippen molar-refractivity contribution in [2.75, 3.05) is 40.4 Å². The molecule has 1 saturated heterocycles. The Bertz CT molecular complexity index is 317. The van der Waals surface area contributed by atoms with Crippen molar-refractivity contribution in [3.63, 3.8) is 0 Å². The molecular formula is C13H22N2O3. The summed E-state index contributed by atoms with van der Waals surface area (Å²) >= 11 is 0. The summed E-state index contributed by atoms with van der Waals surface area (Å²) < 4.78 is 15.8. The van der Waals surface area contributed by atoms with Gasteiger partial charge in [-0.05, 0) is 6.07 Å². The molecule has 1 N–H and O–H groups in total. The van der Waals surface area contributed by atoms with Gasteiger partial charge in [-0.15, -0.1) is 0 Å². The predicted molar refractivity (Wildman–Crippen MR) is 68.4 cm³/mol. The van der Waals surface area contributed by atoms with Crippen molar-refractivity contribution < 1.29 is 13.9 Å². The number of ether oxygens (including phenoxy) is 2. The molecule has 0 spiro atoms. The van der Waals surface area contributed by atoms with Crippen LogP contribution in [0.25, 0.3) is 0 Å². The Labute approximate surface area is 108 Å². The molecule has 2 heterocycles. The third-order valence-corrected chi connectivity index (χ3v) is 3.41. The highest BCUT2D eigenvalue weighted by Gasteiger charge is 2.32. The zero-order chi connectivity index (χ0) is 12.8. The van der Waals surface area contributed by atoms with Crippen molar-refractivity contribution in [1.29, 1.82) is 0 Å². The predicted octanol–water partition coefficient (Wildman–Crippen LogP) is 0.715. The summed E-state index contributed by atoms with van der Waals surface area (Å²) in [5.74, 6) is 0. The lowest BCUT2D eigenvalue weighted by atomic mass is 10.3. The third kappa shape index (κ3) is 3.55. The van der Waals surface area contributed by atoms with E-state index < -0.39 is 0 Å². The summed E-state index contributed by atoms with van der Waals surface area (Å²) in [6.07, 6.45) is 3.86. The second-order valence-electron chi connectivity index (χ2n) is 4.62. The summed E-state index contributed by atoms with van der Waals surface area (Å²) in [5, 5.41) is 3.40. The standard InChI is InChI=1S/C13H22N2O3/c1-16-12-8-15(9-13(12)17-2)5-4-14-7-11-3-6-18-10-11/h3,6,10,12-14H,4-5,7-9H2,1-2H3. The first-order valence-corrected chi connectivity index (χ1v) is 6.33. The van der Waals surface area contributed by atoms with E-state index in [-0.39, 0.29) is 12.2 Å². The van der Waals surface area contributed by atoms with E-state index >= 15 is 0 Å². The first-order chi connectivity index (χ1) is 8.83. The molecular weight excluding hydrogens is 232 g/mol. The van der Waals surface area contributed by atoms with E-state index in [2.05, 4.69) is 10.2 Å². The minimum absolute atomic E-state index is 0.198. The van der Waals surface area contributed by atoms with Gasteiger partial charge in [-0.1, -0.05) is 0 Å². The van der Waals surface area contributed by atoms with Crippen molar-refractivity contribution in [2.24, 2.45) is 0 Å². The minimum atomic E-state index is 0.198. The fourth-order valence-corrected chi connectivity index (χ4v) is 2.32. The molecule has 0 aromatic carbocycles. The van der Waals surface area contributed by atoms with E-state index in [0.29, 0.717) is 0 Å². The smallest absolute Gasteiger partial charge is 0.0971 e. The van der Waals surface area contributed by atoms with Crippen molar-refractivity contribution in [1.82, 2.24) is 10.2 Å². The van der Waals surface area contributed by atoms with Gasteiger partial charge in [0.1, 0.15) is 0 Å². The molecule has 2 unspecified atom stereocenters. The minimum Gasteiger partial charge on any atom is -0.472 e. The van der Waals surface area contributed by atoms with Gasteiger partial charge in [0, 0.05) is 52.5 Å². The summed E-state index contributed by atoms with van der Waals surface area (Å²) in [4.78, 5) is 2.37. The molecule has 5 heteroatoms. The molecule has 1 aliphatic heterocycles. The van der Waals surface area contributed by atoms with Crippen molar-refractivity contribution >= 4 is 0 Å². The second-order valence-corrected chi connectivity index (χ2v) is 4.62. The van der Waals surface area contributed by atoms with Crippen LogP contribution < -0.4 is 5.32 Å². The number of rotatable bonds is 7. The number of nitrogens with zero attached hydrogens (tertiary/aromatic N) is 1. The lowest BCUT2D eigenvalue weighted by Crippen LogP contribution is -2.31. The first-order valence-electron chi connectivity index (χ1n) is 6.33. The molecule has 2 rings (SSSR count). The molecule has 0 aliphatic carbocycles. The van der Waals surface area contributed by atoms with Crippen LogP contribution >= 0.6 is 0 Å². The van der Waals surface area contributed by atoms with Crippen LogP contribution in [-0.4, -0.2) is 57.5 Å². The van der Waals surface area contributed by atoms with Crippen LogP contribution in [-0.2, 0) is 16.0 Å². The van der Waals surface area contributed by atoms with Crippen molar-refractivity contribution in [2.45, 2.75) is 18.8 Å². The maximum atomic E-state index is 5.41. The van der Waals surface area contributed by atoms with Gasteiger partial charge in [-0.2, -0.15) is 0 Å². The molecule has 0 bridgehead atoms. The van der Waals surface area contributed by atoms with Crippen LogP contribution in [0.3, 0.4) is 0 Å². The van der Waals surface area contributed by atoms with Gasteiger partial charge in [0.25, 0.3) is 0 Å². The maximum Gasteiger partial charge on any atom is 0.0971 e. The van der Waals surface area contributed by atoms with Gasteiger partial charge in [-0.3, -0.25) is 4.90 Å². The van der Waals surface area contributed by atoms with Crippen LogP contribution in [0.4, 0.5) is 0 Å². The van der Waals surface area contributed by atoms with E-state index in [4.69, 9.17) is 13.9 Å².